The molecule has 0 aliphatic carbocycles. The first-order chi connectivity index (χ1) is 9.32. The van der Waals surface area contributed by atoms with Gasteiger partial charge >= 0.3 is 5.69 Å². The van der Waals surface area contributed by atoms with Gasteiger partial charge in [-0.05, 0) is 18.2 Å². The zero-order valence-electron chi connectivity index (χ0n) is 10.7. The number of aromatic nitrogens is 2. The zero-order valence-corrected chi connectivity index (χ0v) is 12.2. The van der Waals surface area contributed by atoms with Gasteiger partial charge in [0.25, 0.3) is 5.56 Å². The van der Waals surface area contributed by atoms with E-state index in [-0.39, 0.29) is 16.1 Å². The van der Waals surface area contributed by atoms with Crippen molar-refractivity contribution in [1.82, 2.24) is 9.13 Å². The predicted octanol–water partition coefficient (Wildman–Crippen LogP) is 1.62. The van der Waals surface area contributed by atoms with E-state index in [9.17, 15) is 14.4 Å². The lowest BCUT2D eigenvalue weighted by atomic mass is 10.1. The van der Waals surface area contributed by atoms with E-state index in [1.54, 1.807) is 6.07 Å². The maximum absolute atomic E-state index is 12.4. The monoisotopic (exact) mass is 312 g/mol. The average Bonchev–Trinajstić information content (AvgIpc) is 2.42. The number of hydrogen-bond acceptors (Lipinski definition) is 3. The summed E-state index contributed by atoms with van der Waals surface area (Å²) in [7, 11) is 2.76. The highest BCUT2D eigenvalue weighted by Gasteiger charge is 2.19. The Morgan fingerprint density at radius 3 is 2.40 bits per heavy atom. The largest absolute Gasteiger partial charge is 0.330 e. The number of ketones is 1. The van der Waals surface area contributed by atoms with Crippen LogP contribution < -0.4 is 11.2 Å². The average molecular weight is 313 g/mol. The van der Waals surface area contributed by atoms with Crippen LogP contribution in [0.2, 0.25) is 10.0 Å². The fourth-order valence-electron chi connectivity index (χ4n) is 1.78. The van der Waals surface area contributed by atoms with Crippen LogP contribution in [0.4, 0.5) is 0 Å². The third kappa shape index (κ3) is 2.42. The lowest BCUT2D eigenvalue weighted by Gasteiger charge is -2.07. The summed E-state index contributed by atoms with van der Waals surface area (Å²) in [5.41, 5.74) is -1.20. The van der Waals surface area contributed by atoms with Crippen LogP contribution in [0.15, 0.2) is 34.0 Å². The third-order valence-electron chi connectivity index (χ3n) is 2.86. The molecule has 0 spiro atoms. The number of carbonyl (C=O) groups excluding carboxylic acids is 1. The minimum atomic E-state index is -0.672. The van der Waals surface area contributed by atoms with Crippen molar-refractivity contribution >= 4 is 29.0 Å². The molecule has 0 aliphatic heterocycles. The molecule has 0 aliphatic rings. The van der Waals surface area contributed by atoms with Gasteiger partial charge < -0.3 is 4.57 Å². The Kier molecular flexibility index (Phi) is 3.83. The number of hydrogen-bond donors (Lipinski definition) is 0. The van der Waals surface area contributed by atoms with Gasteiger partial charge in [0.1, 0.15) is 5.56 Å². The molecule has 0 N–H and O–H groups in total. The molecule has 0 amide bonds. The molecule has 0 unspecified atom stereocenters. The highest BCUT2D eigenvalue weighted by Crippen LogP contribution is 2.22. The molecule has 7 heteroatoms. The summed E-state index contributed by atoms with van der Waals surface area (Å²) in [5.74, 6) is -0.575. The van der Waals surface area contributed by atoms with Crippen LogP contribution in [0.3, 0.4) is 0 Å². The van der Waals surface area contributed by atoms with Crippen molar-refractivity contribution in [3.8, 4) is 0 Å². The van der Waals surface area contributed by atoms with Crippen molar-refractivity contribution < 1.29 is 4.79 Å². The van der Waals surface area contributed by atoms with Gasteiger partial charge in [-0.25, -0.2) is 4.79 Å². The molecular weight excluding hydrogens is 303 g/mol. The molecule has 0 saturated carbocycles. The predicted molar refractivity (Wildman–Crippen MR) is 76.8 cm³/mol. The molecule has 1 aromatic heterocycles. The van der Waals surface area contributed by atoms with Crippen molar-refractivity contribution in [2.45, 2.75) is 0 Å². The maximum Gasteiger partial charge on any atom is 0.330 e. The zero-order chi connectivity index (χ0) is 15.0. The van der Waals surface area contributed by atoms with E-state index >= 15 is 0 Å². The summed E-state index contributed by atoms with van der Waals surface area (Å²) in [5, 5.41) is 0.523. The summed E-state index contributed by atoms with van der Waals surface area (Å²) >= 11 is 11.8. The number of halogens is 2. The number of nitrogens with zero attached hydrogens (tertiary/aromatic N) is 2. The summed E-state index contributed by atoms with van der Waals surface area (Å²) < 4.78 is 2.03. The molecule has 0 atom stereocenters. The Labute approximate surface area is 124 Å². The van der Waals surface area contributed by atoms with Crippen molar-refractivity contribution in [1.29, 1.82) is 0 Å². The lowest BCUT2D eigenvalue weighted by molar-refractivity contribution is 0.103. The van der Waals surface area contributed by atoms with Gasteiger partial charge in [-0.15, -0.1) is 0 Å². The van der Waals surface area contributed by atoms with Crippen molar-refractivity contribution in [2.75, 3.05) is 0 Å². The number of benzene rings is 1. The second-order valence-electron chi connectivity index (χ2n) is 4.25. The molecule has 20 heavy (non-hydrogen) atoms. The van der Waals surface area contributed by atoms with Crippen LogP contribution in [0.25, 0.3) is 0 Å². The first-order valence-electron chi connectivity index (χ1n) is 5.59. The van der Waals surface area contributed by atoms with Crippen LogP contribution in [-0.2, 0) is 14.1 Å². The topological polar surface area (TPSA) is 61.1 Å². The number of carbonyl (C=O) groups is 1. The Morgan fingerprint density at radius 2 is 1.75 bits per heavy atom. The fraction of sp³-hybridized carbons (Fsp3) is 0.154. The Hall–Kier alpha value is -1.85. The second kappa shape index (κ2) is 5.26. The molecular formula is C13H10Cl2N2O3. The summed E-state index contributed by atoms with van der Waals surface area (Å²) in [6, 6.07) is 4.40. The highest BCUT2D eigenvalue weighted by molar-refractivity contribution is 6.36. The van der Waals surface area contributed by atoms with E-state index < -0.39 is 17.0 Å². The molecule has 0 saturated heterocycles. The van der Waals surface area contributed by atoms with Crippen LogP contribution in [0, 0.1) is 0 Å². The minimum absolute atomic E-state index is 0.120. The van der Waals surface area contributed by atoms with Crippen LogP contribution in [-0.4, -0.2) is 14.9 Å². The van der Waals surface area contributed by atoms with Gasteiger partial charge in [0, 0.05) is 30.9 Å². The summed E-state index contributed by atoms with van der Waals surface area (Å²) in [4.78, 5) is 36.0. The number of rotatable bonds is 2. The van der Waals surface area contributed by atoms with Crippen molar-refractivity contribution in [3.05, 3.63) is 66.4 Å². The first kappa shape index (κ1) is 14.6. The second-order valence-corrected chi connectivity index (χ2v) is 5.10. The van der Waals surface area contributed by atoms with Crippen LogP contribution in [0.5, 0.6) is 0 Å². The van der Waals surface area contributed by atoms with Gasteiger partial charge in [0.05, 0.1) is 5.02 Å². The van der Waals surface area contributed by atoms with E-state index in [0.29, 0.717) is 5.02 Å². The summed E-state index contributed by atoms with van der Waals surface area (Å²) in [6.07, 6.45) is 1.20. The van der Waals surface area contributed by atoms with Gasteiger partial charge in [0.15, 0.2) is 0 Å². The molecule has 0 radical (unpaired) electrons. The van der Waals surface area contributed by atoms with Gasteiger partial charge in [-0.1, -0.05) is 23.2 Å². The molecule has 2 rings (SSSR count). The molecule has 0 bridgehead atoms. The molecule has 2 aromatic rings. The van der Waals surface area contributed by atoms with E-state index in [4.69, 9.17) is 23.2 Å². The smallest absolute Gasteiger partial charge is 0.303 e. The first-order valence-corrected chi connectivity index (χ1v) is 6.35. The Morgan fingerprint density at radius 1 is 1.10 bits per heavy atom. The lowest BCUT2D eigenvalue weighted by Crippen LogP contribution is -2.39. The minimum Gasteiger partial charge on any atom is -0.303 e. The molecule has 0 fully saturated rings. The maximum atomic E-state index is 12.4. The van der Waals surface area contributed by atoms with Crippen molar-refractivity contribution in [3.63, 3.8) is 0 Å². The normalized spacial score (nSPS) is 10.6. The van der Waals surface area contributed by atoms with Crippen LogP contribution >= 0.6 is 23.2 Å². The summed E-state index contributed by atoms with van der Waals surface area (Å²) in [6.45, 7) is 0. The quantitative estimate of drug-likeness (QED) is 0.792. The molecule has 1 aromatic carbocycles. The number of aryl methyl sites for hydroxylation is 1. The van der Waals surface area contributed by atoms with Crippen LogP contribution in [0.1, 0.15) is 15.9 Å². The third-order valence-corrected chi connectivity index (χ3v) is 3.43. The molecule has 104 valence electrons. The Bertz CT molecular complexity index is 821. The van der Waals surface area contributed by atoms with Crippen molar-refractivity contribution in [2.24, 2.45) is 14.1 Å². The fourth-order valence-corrected chi connectivity index (χ4v) is 2.16. The molecule has 5 nitrogen and oxygen atoms in total. The Balaban J connectivity index is 2.69. The van der Waals surface area contributed by atoms with E-state index in [1.165, 1.54) is 32.4 Å². The molecule has 1 heterocycles. The van der Waals surface area contributed by atoms with Gasteiger partial charge in [0.2, 0.25) is 5.78 Å². The highest BCUT2D eigenvalue weighted by atomic mass is 35.5. The SMILES string of the molecule is Cn1cc(C(=O)c2cc(Cl)ccc2Cl)c(=O)n(C)c1=O. The van der Waals surface area contributed by atoms with Gasteiger partial charge in [-0.2, -0.15) is 0 Å². The standard InChI is InChI=1S/C13H10Cl2N2O3/c1-16-6-9(12(19)17(2)13(16)20)11(18)8-5-7(14)3-4-10(8)15/h3-6H,1-2H3. The van der Waals surface area contributed by atoms with E-state index in [0.717, 1.165) is 9.13 Å². The van der Waals surface area contributed by atoms with E-state index in [2.05, 4.69) is 0 Å². The van der Waals surface area contributed by atoms with Gasteiger partial charge in [-0.3, -0.25) is 14.2 Å². The van der Waals surface area contributed by atoms with E-state index in [1.807, 2.05) is 0 Å².